The molecule has 1 unspecified atom stereocenters. The van der Waals surface area contributed by atoms with Gasteiger partial charge in [0.1, 0.15) is 0 Å². The zero-order valence-electron chi connectivity index (χ0n) is 10.6. The van der Waals surface area contributed by atoms with Gasteiger partial charge in [-0.2, -0.15) is 0 Å². The van der Waals surface area contributed by atoms with Crippen LogP contribution in [0.2, 0.25) is 0 Å². The lowest BCUT2D eigenvalue weighted by molar-refractivity contribution is 0.0698. The Morgan fingerprint density at radius 3 is 2.89 bits per heavy atom. The molecule has 2 heterocycles. The van der Waals surface area contributed by atoms with Gasteiger partial charge in [-0.15, -0.1) is 0 Å². The molecule has 3 rings (SSSR count). The summed E-state index contributed by atoms with van der Waals surface area (Å²) in [6, 6.07) is 9.30. The fourth-order valence-electron chi connectivity index (χ4n) is 2.66. The molecule has 0 bridgehead atoms. The van der Waals surface area contributed by atoms with Crippen LogP contribution in [0, 0.1) is 0 Å². The van der Waals surface area contributed by atoms with Crippen molar-refractivity contribution in [2.45, 2.75) is 25.3 Å². The molecule has 1 aliphatic rings. The lowest BCUT2D eigenvalue weighted by Crippen LogP contribution is -2.27. The highest BCUT2D eigenvalue weighted by atomic mass is 16.4. The van der Waals surface area contributed by atoms with Gasteiger partial charge >= 0.3 is 5.97 Å². The summed E-state index contributed by atoms with van der Waals surface area (Å²) >= 11 is 0. The first-order valence-corrected chi connectivity index (χ1v) is 6.62. The Labute approximate surface area is 111 Å². The fourth-order valence-corrected chi connectivity index (χ4v) is 2.66. The number of carbonyl (C=O) groups is 1. The molecule has 2 aromatic rings. The smallest absolute Gasteiger partial charge is 0.336 e. The van der Waals surface area contributed by atoms with Crippen LogP contribution in [0.25, 0.3) is 10.9 Å². The number of aromatic carboxylic acids is 1. The number of pyridine rings is 1. The summed E-state index contributed by atoms with van der Waals surface area (Å²) in [6.45, 7) is 0.974. The van der Waals surface area contributed by atoms with E-state index in [1.807, 2.05) is 24.3 Å². The number of nitrogens with zero attached hydrogens (tertiary/aromatic N) is 1. The molecule has 1 aromatic heterocycles. The maximum absolute atomic E-state index is 11.4. The molecule has 0 saturated carbocycles. The first-order valence-electron chi connectivity index (χ1n) is 6.62. The van der Waals surface area contributed by atoms with Gasteiger partial charge in [-0.3, -0.25) is 4.98 Å². The summed E-state index contributed by atoms with van der Waals surface area (Å²) < 4.78 is 0. The number of para-hydroxylation sites is 1. The summed E-state index contributed by atoms with van der Waals surface area (Å²) in [6.07, 6.45) is 3.36. The van der Waals surface area contributed by atoms with Gasteiger partial charge < -0.3 is 10.4 Å². The van der Waals surface area contributed by atoms with E-state index in [2.05, 4.69) is 10.3 Å². The van der Waals surface area contributed by atoms with Crippen molar-refractivity contribution in [3.8, 4) is 0 Å². The van der Waals surface area contributed by atoms with Crippen LogP contribution >= 0.6 is 0 Å². The molecular weight excluding hydrogens is 240 g/mol. The SMILES string of the molecule is O=C(O)c1cc(C2CCCCN2)nc2ccccc12. The van der Waals surface area contributed by atoms with Crippen LogP contribution in [0.4, 0.5) is 0 Å². The quantitative estimate of drug-likeness (QED) is 0.867. The highest BCUT2D eigenvalue weighted by Gasteiger charge is 2.19. The molecule has 0 aliphatic carbocycles. The molecule has 2 N–H and O–H groups in total. The molecule has 0 spiro atoms. The topological polar surface area (TPSA) is 62.2 Å². The normalized spacial score (nSPS) is 19.5. The first-order chi connectivity index (χ1) is 9.25. The molecule has 0 radical (unpaired) electrons. The number of rotatable bonds is 2. The Kier molecular flexibility index (Phi) is 3.17. The van der Waals surface area contributed by atoms with Crippen LogP contribution < -0.4 is 5.32 Å². The zero-order valence-corrected chi connectivity index (χ0v) is 10.6. The van der Waals surface area contributed by atoms with E-state index in [1.165, 1.54) is 6.42 Å². The maximum Gasteiger partial charge on any atom is 0.336 e. The van der Waals surface area contributed by atoms with Crippen molar-refractivity contribution in [1.29, 1.82) is 0 Å². The van der Waals surface area contributed by atoms with Crippen molar-refractivity contribution in [1.82, 2.24) is 10.3 Å². The molecular formula is C15H16N2O2. The lowest BCUT2D eigenvalue weighted by Gasteiger charge is -2.23. The van der Waals surface area contributed by atoms with Crippen LogP contribution in [-0.4, -0.2) is 22.6 Å². The third-order valence-electron chi connectivity index (χ3n) is 3.63. The van der Waals surface area contributed by atoms with E-state index in [0.717, 1.165) is 30.6 Å². The lowest BCUT2D eigenvalue weighted by atomic mass is 9.99. The van der Waals surface area contributed by atoms with Crippen LogP contribution in [0.1, 0.15) is 41.4 Å². The molecule has 0 amide bonds. The number of carboxylic acid groups (broad SMARTS) is 1. The van der Waals surface area contributed by atoms with E-state index >= 15 is 0 Å². The predicted octanol–water partition coefficient (Wildman–Crippen LogP) is 2.75. The first kappa shape index (κ1) is 12.1. The summed E-state index contributed by atoms with van der Waals surface area (Å²) in [4.78, 5) is 16.0. The summed E-state index contributed by atoms with van der Waals surface area (Å²) in [5.41, 5.74) is 1.94. The molecule has 4 nitrogen and oxygen atoms in total. The van der Waals surface area contributed by atoms with Crippen LogP contribution in [-0.2, 0) is 0 Å². The number of hydrogen-bond donors (Lipinski definition) is 2. The summed E-state index contributed by atoms with van der Waals surface area (Å²) in [5.74, 6) is -0.893. The highest BCUT2D eigenvalue weighted by molar-refractivity contribution is 6.02. The third-order valence-corrected chi connectivity index (χ3v) is 3.63. The van der Waals surface area contributed by atoms with Gasteiger partial charge in [-0.25, -0.2) is 4.79 Å². The minimum Gasteiger partial charge on any atom is -0.478 e. The Hall–Kier alpha value is -1.94. The van der Waals surface area contributed by atoms with Gasteiger partial charge in [0.15, 0.2) is 0 Å². The number of nitrogens with one attached hydrogen (secondary N) is 1. The highest BCUT2D eigenvalue weighted by Crippen LogP contribution is 2.26. The van der Waals surface area contributed by atoms with Crippen LogP contribution in [0.5, 0.6) is 0 Å². The van der Waals surface area contributed by atoms with Crippen molar-refractivity contribution in [3.63, 3.8) is 0 Å². The second-order valence-corrected chi connectivity index (χ2v) is 4.92. The summed E-state index contributed by atoms with van der Waals surface area (Å²) in [5, 5.41) is 13.5. The van der Waals surface area contributed by atoms with Crippen LogP contribution in [0.3, 0.4) is 0 Å². The molecule has 19 heavy (non-hydrogen) atoms. The van der Waals surface area contributed by atoms with E-state index in [-0.39, 0.29) is 6.04 Å². The summed E-state index contributed by atoms with van der Waals surface area (Å²) in [7, 11) is 0. The number of fused-ring (bicyclic) bond motifs is 1. The van der Waals surface area contributed by atoms with Gasteiger partial charge in [0.2, 0.25) is 0 Å². The Bertz CT molecular complexity index is 619. The molecule has 4 heteroatoms. The predicted molar refractivity (Wildman–Crippen MR) is 73.3 cm³/mol. The minimum absolute atomic E-state index is 0.177. The van der Waals surface area contributed by atoms with E-state index in [4.69, 9.17) is 0 Å². The fraction of sp³-hybridized carbons (Fsp3) is 0.333. The average molecular weight is 256 g/mol. The van der Waals surface area contributed by atoms with Crippen LogP contribution in [0.15, 0.2) is 30.3 Å². The minimum atomic E-state index is -0.893. The van der Waals surface area contributed by atoms with Crippen molar-refractivity contribution < 1.29 is 9.90 Å². The van der Waals surface area contributed by atoms with Crippen molar-refractivity contribution in [2.75, 3.05) is 6.54 Å². The van der Waals surface area contributed by atoms with E-state index in [0.29, 0.717) is 10.9 Å². The molecule has 1 aliphatic heterocycles. The Balaban J connectivity index is 2.12. The number of carboxylic acids is 1. The van der Waals surface area contributed by atoms with E-state index in [1.54, 1.807) is 6.07 Å². The Morgan fingerprint density at radius 2 is 2.16 bits per heavy atom. The molecule has 1 saturated heterocycles. The van der Waals surface area contributed by atoms with Crippen molar-refractivity contribution >= 4 is 16.9 Å². The second-order valence-electron chi connectivity index (χ2n) is 4.92. The monoisotopic (exact) mass is 256 g/mol. The van der Waals surface area contributed by atoms with Gasteiger partial charge in [0, 0.05) is 11.4 Å². The molecule has 1 fully saturated rings. The molecule has 1 atom stereocenters. The van der Waals surface area contributed by atoms with Crippen molar-refractivity contribution in [2.24, 2.45) is 0 Å². The largest absolute Gasteiger partial charge is 0.478 e. The molecule has 1 aromatic carbocycles. The van der Waals surface area contributed by atoms with Gasteiger partial charge in [0.25, 0.3) is 0 Å². The number of benzene rings is 1. The Morgan fingerprint density at radius 1 is 1.32 bits per heavy atom. The average Bonchev–Trinajstić information content (AvgIpc) is 2.47. The van der Waals surface area contributed by atoms with Gasteiger partial charge in [-0.05, 0) is 31.5 Å². The van der Waals surface area contributed by atoms with E-state index < -0.39 is 5.97 Å². The standard InChI is InChI=1S/C15H16N2O2/c18-15(19)11-9-14(13-7-3-4-8-16-13)17-12-6-2-1-5-10(11)12/h1-2,5-6,9,13,16H,3-4,7-8H2,(H,18,19). The number of aromatic nitrogens is 1. The molecule has 98 valence electrons. The number of hydrogen-bond acceptors (Lipinski definition) is 3. The number of piperidine rings is 1. The van der Waals surface area contributed by atoms with Gasteiger partial charge in [0.05, 0.1) is 16.8 Å². The zero-order chi connectivity index (χ0) is 13.2. The second kappa shape index (κ2) is 4.97. The van der Waals surface area contributed by atoms with Crippen molar-refractivity contribution in [3.05, 3.63) is 41.6 Å². The third kappa shape index (κ3) is 2.31. The van der Waals surface area contributed by atoms with Gasteiger partial charge in [-0.1, -0.05) is 24.6 Å². The van der Waals surface area contributed by atoms with E-state index in [9.17, 15) is 9.90 Å². The maximum atomic E-state index is 11.4.